The second kappa shape index (κ2) is 9.04. The molecule has 0 radical (unpaired) electrons. The summed E-state index contributed by atoms with van der Waals surface area (Å²) in [7, 11) is 0. The van der Waals surface area contributed by atoms with Gasteiger partial charge in [0.25, 0.3) is 0 Å². The van der Waals surface area contributed by atoms with Crippen LogP contribution in [0.3, 0.4) is 0 Å². The number of halogens is 2. The number of aryl methyl sites for hydroxylation is 2. The molecule has 5 aromatic rings. The van der Waals surface area contributed by atoms with E-state index in [4.69, 9.17) is 11.6 Å². The smallest absolute Gasteiger partial charge is 0.0484 e. The molecule has 0 unspecified atom stereocenters. The summed E-state index contributed by atoms with van der Waals surface area (Å²) in [6, 6.07) is 25.4. The van der Waals surface area contributed by atoms with Crippen LogP contribution in [0.15, 0.2) is 85.2 Å². The highest BCUT2D eigenvalue weighted by atomic mass is 35.5. The molecule has 0 atom stereocenters. The average Bonchev–Trinajstić information content (AvgIpc) is 2.79. The third kappa shape index (κ3) is 3.88. The molecule has 0 bridgehead atoms. The summed E-state index contributed by atoms with van der Waals surface area (Å²) in [6.07, 6.45) is 8.78. The maximum Gasteiger partial charge on any atom is 0.0484 e. The molecule has 30 heavy (non-hydrogen) atoms. The first-order valence-corrected chi connectivity index (χ1v) is 10.6. The highest BCUT2D eigenvalue weighted by Crippen LogP contribution is 2.35. The van der Waals surface area contributed by atoms with E-state index in [0.717, 1.165) is 10.4 Å². The lowest BCUT2D eigenvalue weighted by Crippen LogP contribution is -2.03. The van der Waals surface area contributed by atoms with E-state index < -0.39 is 0 Å². The Morgan fingerprint density at radius 2 is 1.37 bits per heavy atom. The second-order valence-electron chi connectivity index (χ2n) is 7.63. The topological polar surface area (TPSA) is 12.9 Å². The zero-order valence-corrected chi connectivity index (χ0v) is 18.2. The first-order chi connectivity index (χ1) is 14.3. The van der Waals surface area contributed by atoms with E-state index >= 15 is 0 Å². The first-order valence-electron chi connectivity index (χ1n) is 10.2. The van der Waals surface area contributed by atoms with Gasteiger partial charge in [-0.2, -0.15) is 0 Å². The molecule has 0 N–H and O–H groups in total. The minimum Gasteiger partial charge on any atom is -0.264 e. The lowest BCUT2D eigenvalue weighted by molar-refractivity contribution is 0.690. The SMILES string of the molecule is Cl.Clc1cccc2c1ccc1c3c(ccc12)CCCC3.c1ccc2cnccc2c1. The number of hydrogen-bond donors (Lipinski definition) is 0. The van der Waals surface area contributed by atoms with Crippen LogP contribution in [0.25, 0.3) is 32.3 Å². The molecule has 1 aliphatic rings. The predicted molar refractivity (Wildman–Crippen MR) is 132 cm³/mol. The minimum atomic E-state index is 0. The lowest BCUT2D eigenvalue weighted by Gasteiger charge is -2.18. The summed E-state index contributed by atoms with van der Waals surface area (Å²) in [5.74, 6) is 0. The zero-order valence-electron chi connectivity index (χ0n) is 16.6. The van der Waals surface area contributed by atoms with Crippen LogP contribution in [0.4, 0.5) is 0 Å². The van der Waals surface area contributed by atoms with Crippen LogP contribution in [-0.4, -0.2) is 4.98 Å². The fourth-order valence-corrected chi connectivity index (χ4v) is 4.65. The quantitative estimate of drug-likeness (QED) is 0.225. The summed E-state index contributed by atoms with van der Waals surface area (Å²) in [4.78, 5) is 4.01. The highest BCUT2D eigenvalue weighted by molar-refractivity contribution is 6.36. The Morgan fingerprint density at radius 3 is 2.23 bits per heavy atom. The van der Waals surface area contributed by atoms with Gasteiger partial charge in [0.2, 0.25) is 0 Å². The molecular formula is C27H23Cl2N. The van der Waals surface area contributed by atoms with Gasteiger partial charge in [-0.05, 0) is 75.9 Å². The Morgan fingerprint density at radius 1 is 0.633 bits per heavy atom. The number of benzene rings is 4. The van der Waals surface area contributed by atoms with Gasteiger partial charge in [-0.3, -0.25) is 4.98 Å². The van der Waals surface area contributed by atoms with E-state index in [1.165, 1.54) is 52.6 Å². The minimum absolute atomic E-state index is 0. The van der Waals surface area contributed by atoms with Crippen LogP contribution >= 0.6 is 24.0 Å². The van der Waals surface area contributed by atoms with Crippen LogP contribution in [0, 0.1) is 0 Å². The largest absolute Gasteiger partial charge is 0.264 e. The predicted octanol–water partition coefficient (Wildman–Crippen LogP) is 8.18. The van der Waals surface area contributed by atoms with Crippen LogP contribution < -0.4 is 0 Å². The first kappa shape index (κ1) is 20.7. The van der Waals surface area contributed by atoms with Gasteiger partial charge in [0.1, 0.15) is 0 Å². The summed E-state index contributed by atoms with van der Waals surface area (Å²) < 4.78 is 0. The zero-order chi connectivity index (χ0) is 19.6. The Balaban J connectivity index is 0.000000168. The van der Waals surface area contributed by atoms with Gasteiger partial charge < -0.3 is 0 Å². The maximum atomic E-state index is 6.30. The van der Waals surface area contributed by atoms with Crippen molar-refractivity contribution in [2.75, 3.05) is 0 Å². The average molecular weight is 432 g/mol. The van der Waals surface area contributed by atoms with E-state index in [0.29, 0.717) is 0 Å². The fraction of sp³-hybridized carbons (Fsp3) is 0.148. The Labute approximate surface area is 188 Å². The van der Waals surface area contributed by atoms with Crippen molar-refractivity contribution in [1.29, 1.82) is 0 Å². The van der Waals surface area contributed by atoms with E-state index in [1.54, 1.807) is 11.1 Å². The summed E-state index contributed by atoms with van der Waals surface area (Å²) in [6.45, 7) is 0. The standard InChI is InChI=1S/C18H15Cl.C9H7N.ClH/c19-18-7-3-6-14-16-9-8-12-4-1-2-5-13(12)15(16)10-11-17(14)18;1-2-4-9-7-10-6-5-8(9)3-1;/h3,6-11H,1-2,4-5H2;1-7H;1H. The number of nitrogens with zero attached hydrogens (tertiary/aromatic N) is 1. The van der Waals surface area contributed by atoms with Gasteiger partial charge in [0, 0.05) is 22.8 Å². The molecule has 1 aromatic heterocycles. The summed E-state index contributed by atoms with van der Waals surface area (Å²) >= 11 is 6.30. The highest BCUT2D eigenvalue weighted by Gasteiger charge is 2.13. The van der Waals surface area contributed by atoms with E-state index in [9.17, 15) is 0 Å². The number of hydrogen-bond acceptors (Lipinski definition) is 1. The molecule has 150 valence electrons. The molecule has 0 spiro atoms. The summed E-state index contributed by atoms with van der Waals surface area (Å²) in [5.41, 5.74) is 3.10. The van der Waals surface area contributed by atoms with Gasteiger partial charge in [-0.15, -0.1) is 12.4 Å². The molecule has 0 saturated heterocycles. The van der Waals surface area contributed by atoms with Crippen LogP contribution in [0.5, 0.6) is 0 Å². The summed E-state index contributed by atoms with van der Waals surface area (Å²) in [5, 5.41) is 8.50. The molecule has 0 saturated carbocycles. The molecule has 4 aromatic carbocycles. The van der Waals surface area contributed by atoms with Gasteiger partial charge in [-0.1, -0.05) is 72.3 Å². The third-order valence-corrected chi connectivity index (χ3v) is 6.22. The molecular weight excluding hydrogens is 409 g/mol. The van der Waals surface area contributed by atoms with Crippen LogP contribution in [0.2, 0.25) is 5.02 Å². The van der Waals surface area contributed by atoms with Crippen molar-refractivity contribution in [3.63, 3.8) is 0 Å². The van der Waals surface area contributed by atoms with Gasteiger partial charge in [-0.25, -0.2) is 0 Å². The molecule has 1 heterocycles. The maximum absolute atomic E-state index is 6.30. The van der Waals surface area contributed by atoms with Crippen molar-refractivity contribution in [1.82, 2.24) is 4.98 Å². The van der Waals surface area contributed by atoms with E-state index in [1.807, 2.05) is 42.7 Å². The van der Waals surface area contributed by atoms with Gasteiger partial charge >= 0.3 is 0 Å². The normalized spacial score (nSPS) is 12.7. The molecule has 3 heteroatoms. The Hall–Kier alpha value is -2.61. The van der Waals surface area contributed by atoms with Gasteiger partial charge in [0.15, 0.2) is 0 Å². The molecule has 0 aliphatic heterocycles. The fourth-order valence-electron chi connectivity index (χ4n) is 4.42. The number of fused-ring (bicyclic) bond motifs is 6. The van der Waals surface area contributed by atoms with Gasteiger partial charge in [0.05, 0.1) is 0 Å². The van der Waals surface area contributed by atoms with Crippen molar-refractivity contribution in [2.45, 2.75) is 25.7 Å². The molecule has 0 amide bonds. The van der Waals surface area contributed by atoms with Crippen molar-refractivity contribution in [3.8, 4) is 0 Å². The van der Waals surface area contributed by atoms with E-state index in [-0.39, 0.29) is 12.4 Å². The van der Waals surface area contributed by atoms with E-state index in [2.05, 4.69) is 47.4 Å². The molecule has 1 nitrogen and oxygen atoms in total. The van der Waals surface area contributed by atoms with Crippen molar-refractivity contribution >= 4 is 56.3 Å². The van der Waals surface area contributed by atoms with Crippen molar-refractivity contribution < 1.29 is 0 Å². The van der Waals surface area contributed by atoms with Crippen LogP contribution in [-0.2, 0) is 12.8 Å². The number of pyridine rings is 1. The second-order valence-corrected chi connectivity index (χ2v) is 8.04. The molecule has 1 aliphatic carbocycles. The van der Waals surface area contributed by atoms with Crippen molar-refractivity contribution in [2.24, 2.45) is 0 Å². The number of aromatic nitrogens is 1. The molecule has 6 rings (SSSR count). The lowest BCUT2D eigenvalue weighted by atomic mass is 9.86. The third-order valence-electron chi connectivity index (χ3n) is 5.89. The monoisotopic (exact) mass is 431 g/mol. The molecule has 0 fully saturated rings. The Kier molecular flexibility index (Phi) is 6.22. The number of rotatable bonds is 0. The van der Waals surface area contributed by atoms with Crippen molar-refractivity contribution in [3.05, 3.63) is 101 Å². The van der Waals surface area contributed by atoms with Crippen LogP contribution in [0.1, 0.15) is 24.0 Å². The Bertz CT molecular complexity index is 1260.